The molecule has 5 aromatic carbocycles. The number of aliphatic hydroxyl groups excluding tert-OH is 1. The average molecular weight is 689 g/mol. The number of nitrogens with one attached hydrogen (secondary N) is 2. The van der Waals surface area contributed by atoms with Crippen LogP contribution in [0.3, 0.4) is 0 Å². The summed E-state index contributed by atoms with van der Waals surface area (Å²) in [6, 6.07) is 41.5. The molecule has 8 heteroatoms. The minimum Gasteiger partial charge on any atom is -0.494 e. The number of carbonyl (C=O) groups excluding carboxylic acids is 1. The van der Waals surface area contributed by atoms with E-state index in [1.165, 1.54) is 0 Å². The third kappa shape index (κ3) is 6.20. The lowest BCUT2D eigenvalue weighted by Gasteiger charge is -2.31. The van der Waals surface area contributed by atoms with E-state index in [9.17, 15) is 4.79 Å². The van der Waals surface area contributed by atoms with E-state index in [1.54, 1.807) is 0 Å². The molecule has 0 fully saturated rings. The fourth-order valence-corrected chi connectivity index (χ4v) is 6.64. The molecule has 0 aromatic heterocycles. The van der Waals surface area contributed by atoms with Crippen LogP contribution >= 0.6 is 15.9 Å². The molecule has 7 rings (SSSR count). The van der Waals surface area contributed by atoms with E-state index in [2.05, 4.69) is 51.0 Å². The Hall–Kier alpha value is -4.76. The van der Waals surface area contributed by atoms with Gasteiger partial charge in [0.25, 0.3) is 5.91 Å². The maximum Gasteiger partial charge on any atom is 0.266 e. The first-order chi connectivity index (χ1) is 23.1. The lowest BCUT2D eigenvalue weighted by atomic mass is 9.82. The van der Waals surface area contributed by atoms with Crippen LogP contribution < -0.4 is 15.6 Å². The summed E-state index contributed by atoms with van der Waals surface area (Å²) < 4.78 is 13.4. The van der Waals surface area contributed by atoms with Gasteiger partial charge >= 0.3 is 0 Å². The highest BCUT2D eigenvalue weighted by atomic mass is 79.9. The van der Waals surface area contributed by atoms with Crippen LogP contribution in [-0.2, 0) is 16.0 Å². The number of amides is 1. The number of hydrogen-bond acceptors (Lipinski definition) is 6. The minimum atomic E-state index is -1.34. The molecule has 47 heavy (non-hydrogen) atoms. The first kappa shape index (κ1) is 30.9. The number of fused-ring (bicyclic) bond motifs is 3. The zero-order valence-electron chi connectivity index (χ0n) is 25.6. The number of halogens is 1. The van der Waals surface area contributed by atoms with Crippen LogP contribution in [0.4, 0.5) is 0 Å². The summed E-state index contributed by atoms with van der Waals surface area (Å²) in [6.45, 7) is 0.490. The summed E-state index contributed by atoms with van der Waals surface area (Å²) >= 11 is 3.54. The van der Waals surface area contributed by atoms with Crippen molar-refractivity contribution in [1.29, 1.82) is 0 Å². The highest BCUT2D eigenvalue weighted by molar-refractivity contribution is 9.10. The molecule has 3 N–H and O–H groups in total. The van der Waals surface area contributed by atoms with Crippen molar-refractivity contribution in [3.63, 3.8) is 0 Å². The molecule has 0 spiro atoms. The molecule has 236 valence electrons. The Morgan fingerprint density at radius 1 is 0.830 bits per heavy atom. The second-order valence-corrected chi connectivity index (χ2v) is 12.6. The Balaban J connectivity index is 1.26. The Bertz CT molecular complexity index is 1850. The van der Waals surface area contributed by atoms with Gasteiger partial charge in [-0.3, -0.25) is 10.2 Å². The fraction of sp³-hybridized carbons (Fsp3) is 0.179. The fourth-order valence-electron chi connectivity index (χ4n) is 6.38. The molecule has 5 aromatic rings. The topological polar surface area (TPSA) is 92.2 Å². The van der Waals surface area contributed by atoms with E-state index < -0.39 is 11.6 Å². The molecule has 1 aliphatic heterocycles. The van der Waals surface area contributed by atoms with Crippen molar-refractivity contribution >= 4 is 27.7 Å². The summed E-state index contributed by atoms with van der Waals surface area (Å²) in [5, 5.41) is 9.10. The van der Waals surface area contributed by atoms with Crippen LogP contribution in [0.25, 0.3) is 11.1 Å². The highest BCUT2D eigenvalue weighted by Crippen LogP contribution is 2.44. The van der Waals surface area contributed by atoms with Crippen molar-refractivity contribution in [3.8, 4) is 16.9 Å². The van der Waals surface area contributed by atoms with Crippen molar-refractivity contribution in [2.45, 2.75) is 30.5 Å². The van der Waals surface area contributed by atoms with E-state index in [-0.39, 0.29) is 18.6 Å². The molecular weight excluding hydrogens is 654 g/mol. The van der Waals surface area contributed by atoms with Gasteiger partial charge in [-0.2, -0.15) is 0 Å². The molecule has 0 saturated heterocycles. The molecule has 2 aliphatic rings. The van der Waals surface area contributed by atoms with Crippen molar-refractivity contribution in [2.24, 2.45) is 4.99 Å². The third-order valence-electron chi connectivity index (χ3n) is 8.68. The maximum atomic E-state index is 14.8. The predicted octanol–water partition coefficient (Wildman–Crippen LogP) is 7.10. The standard InChI is InChI=1S/C39H34BrN3O4/c40-29-19-15-26(16-20-29)25-39(38(45)43-42-35-33-13-6-4-11-31(33)32-12-5-7-14-34(32)35)36(27-9-2-1-3-10-27)47-37(41-39)28-17-21-30(22-18-28)46-24-8-23-44/h1-7,9-22,35-36,42,44H,8,23-25H2,(H,43,45)/t36-,39-/m0/s1. The molecule has 7 nitrogen and oxygen atoms in total. The Labute approximate surface area is 282 Å². The SMILES string of the molecule is O=C(NNC1c2ccccc2-c2ccccc21)[C@@]1(Cc2ccc(Br)cc2)N=C(c2ccc(OCCCO)cc2)O[C@H]1c1ccccc1. The van der Waals surface area contributed by atoms with Crippen LogP contribution in [0.15, 0.2) is 137 Å². The Kier molecular flexibility index (Phi) is 8.89. The van der Waals surface area contributed by atoms with Gasteiger partial charge in [-0.15, -0.1) is 0 Å². The van der Waals surface area contributed by atoms with Crippen LogP contribution in [0, 0.1) is 0 Å². The lowest BCUT2D eigenvalue weighted by molar-refractivity contribution is -0.130. The molecule has 0 unspecified atom stereocenters. The number of aliphatic hydroxyl groups is 1. The molecule has 1 heterocycles. The minimum absolute atomic E-state index is 0.0702. The number of carbonyl (C=O) groups is 1. The van der Waals surface area contributed by atoms with Crippen molar-refractivity contribution in [1.82, 2.24) is 10.9 Å². The quantitative estimate of drug-likeness (QED) is 0.102. The van der Waals surface area contributed by atoms with Crippen molar-refractivity contribution < 1.29 is 19.4 Å². The average Bonchev–Trinajstić information content (AvgIpc) is 3.66. The van der Waals surface area contributed by atoms with Crippen molar-refractivity contribution in [2.75, 3.05) is 13.2 Å². The van der Waals surface area contributed by atoms with E-state index in [4.69, 9.17) is 19.6 Å². The van der Waals surface area contributed by atoms with Gasteiger partial charge in [0.15, 0.2) is 11.6 Å². The van der Waals surface area contributed by atoms with Crippen LogP contribution in [0.1, 0.15) is 46.4 Å². The van der Waals surface area contributed by atoms with Crippen molar-refractivity contribution in [3.05, 3.63) is 160 Å². The van der Waals surface area contributed by atoms with Crippen LogP contribution in [0.2, 0.25) is 0 Å². The summed E-state index contributed by atoms with van der Waals surface area (Å²) in [4.78, 5) is 19.9. The molecule has 0 saturated carbocycles. The summed E-state index contributed by atoms with van der Waals surface area (Å²) in [7, 11) is 0. The number of rotatable bonds is 11. The van der Waals surface area contributed by atoms with Crippen LogP contribution in [-0.4, -0.2) is 35.7 Å². The normalized spacial score (nSPS) is 18.2. The van der Waals surface area contributed by atoms with Gasteiger partial charge in [-0.05, 0) is 69.8 Å². The molecule has 1 amide bonds. The van der Waals surface area contributed by atoms with Gasteiger partial charge in [-0.1, -0.05) is 107 Å². The van der Waals surface area contributed by atoms with E-state index in [0.29, 0.717) is 31.1 Å². The van der Waals surface area contributed by atoms with Gasteiger partial charge in [0, 0.05) is 29.5 Å². The second kappa shape index (κ2) is 13.5. The Morgan fingerprint density at radius 3 is 2.13 bits per heavy atom. The number of hydrogen-bond donors (Lipinski definition) is 3. The summed E-state index contributed by atoms with van der Waals surface area (Å²) in [5.74, 6) is 0.764. The third-order valence-corrected chi connectivity index (χ3v) is 9.21. The molecular formula is C39H34BrN3O4. The number of aliphatic imine (C=N–C) groups is 1. The molecule has 0 radical (unpaired) electrons. The zero-order valence-corrected chi connectivity index (χ0v) is 27.2. The zero-order chi connectivity index (χ0) is 32.2. The lowest BCUT2D eigenvalue weighted by Crippen LogP contribution is -2.54. The second-order valence-electron chi connectivity index (χ2n) is 11.7. The van der Waals surface area contributed by atoms with Gasteiger partial charge in [0.1, 0.15) is 5.75 Å². The van der Waals surface area contributed by atoms with Gasteiger partial charge in [-0.25, -0.2) is 10.4 Å². The van der Waals surface area contributed by atoms with E-state index >= 15 is 0 Å². The summed E-state index contributed by atoms with van der Waals surface area (Å²) in [6.07, 6.45) is 0.153. The highest BCUT2D eigenvalue weighted by Gasteiger charge is 2.53. The number of nitrogens with zero attached hydrogens (tertiary/aromatic N) is 1. The summed E-state index contributed by atoms with van der Waals surface area (Å²) in [5.41, 5.74) is 12.2. The predicted molar refractivity (Wildman–Crippen MR) is 186 cm³/mol. The molecule has 2 atom stereocenters. The van der Waals surface area contributed by atoms with E-state index in [1.807, 2.05) is 103 Å². The van der Waals surface area contributed by atoms with Crippen LogP contribution in [0.5, 0.6) is 5.75 Å². The maximum absolute atomic E-state index is 14.8. The van der Waals surface area contributed by atoms with Gasteiger partial charge in [0.2, 0.25) is 5.90 Å². The van der Waals surface area contributed by atoms with Gasteiger partial charge < -0.3 is 14.6 Å². The number of benzene rings is 5. The van der Waals surface area contributed by atoms with Gasteiger partial charge in [0.05, 0.1) is 12.6 Å². The number of hydrazine groups is 1. The number of ether oxygens (including phenoxy) is 2. The Morgan fingerprint density at radius 2 is 1.47 bits per heavy atom. The smallest absolute Gasteiger partial charge is 0.266 e. The first-order valence-corrected chi connectivity index (χ1v) is 16.5. The van der Waals surface area contributed by atoms with E-state index in [0.717, 1.165) is 43.4 Å². The largest absolute Gasteiger partial charge is 0.494 e. The molecule has 0 bridgehead atoms. The molecule has 1 aliphatic carbocycles. The first-order valence-electron chi connectivity index (χ1n) is 15.7. The monoisotopic (exact) mass is 687 g/mol.